The van der Waals surface area contributed by atoms with Crippen LogP contribution in [0.5, 0.6) is 0 Å². The van der Waals surface area contributed by atoms with E-state index in [1.807, 2.05) is 0 Å². The van der Waals surface area contributed by atoms with Crippen LogP contribution in [0.2, 0.25) is 0 Å². The zero-order valence-electron chi connectivity index (χ0n) is 10.5. The van der Waals surface area contributed by atoms with Gasteiger partial charge in [0.05, 0.1) is 5.92 Å². The lowest BCUT2D eigenvalue weighted by Gasteiger charge is -2.17. The highest BCUT2D eigenvalue weighted by Gasteiger charge is 2.44. The van der Waals surface area contributed by atoms with Gasteiger partial charge in [-0.25, -0.2) is 8.78 Å². The molecule has 0 aliphatic carbocycles. The summed E-state index contributed by atoms with van der Waals surface area (Å²) in [6.45, 7) is 1.04. The second-order valence-electron chi connectivity index (χ2n) is 4.39. The van der Waals surface area contributed by atoms with Crippen molar-refractivity contribution in [2.24, 2.45) is 0 Å². The molecule has 0 saturated heterocycles. The smallest absolute Gasteiger partial charge is 0.383 e. The highest BCUT2D eigenvalue weighted by Crippen LogP contribution is 2.31. The molecule has 2 atom stereocenters. The van der Waals surface area contributed by atoms with Crippen molar-refractivity contribution in [2.45, 2.75) is 25.1 Å². The summed E-state index contributed by atoms with van der Waals surface area (Å²) in [6, 6.07) is 2.44. The van der Waals surface area contributed by atoms with Crippen molar-refractivity contribution in [2.75, 3.05) is 0 Å². The molecule has 0 radical (unpaired) electrons. The number of nitrogens with zero attached hydrogens (tertiary/aromatic N) is 2. The van der Waals surface area contributed by atoms with Crippen molar-refractivity contribution in [3.63, 3.8) is 0 Å². The van der Waals surface area contributed by atoms with Gasteiger partial charge in [-0.3, -0.25) is 0 Å². The summed E-state index contributed by atoms with van der Waals surface area (Å²) in [4.78, 5) is 3.63. The molecule has 0 aliphatic heterocycles. The van der Waals surface area contributed by atoms with Gasteiger partial charge in [-0.1, -0.05) is 12.1 Å². The van der Waals surface area contributed by atoms with Gasteiger partial charge in [0.15, 0.2) is 6.10 Å². The summed E-state index contributed by atoms with van der Waals surface area (Å²) in [7, 11) is 0. The number of halogens is 5. The van der Waals surface area contributed by atoms with Gasteiger partial charge in [-0.05, 0) is 12.1 Å². The number of benzene rings is 1. The monoisotopic (exact) mass is 308 g/mol. The summed E-state index contributed by atoms with van der Waals surface area (Å²) in [5, 5.41) is 12.5. The molecule has 1 aromatic carbocycles. The third-order valence-corrected chi connectivity index (χ3v) is 2.76. The molecule has 4 nitrogen and oxygen atoms in total. The van der Waals surface area contributed by atoms with E-state index in [1.165, 1.54) is 0 Å². The summed E-state index contributed by atoms with van der Waals surface area (Å²) < 4.78 is 67.9. The molecule has 0 aliphatic rings. The maximum atomic E-state index is 13.0. The fourth-order valence-electron chi connectivity index (χ4n) is 1.64. The molecular formula is C12H9F5N2O2. The van der Waals surface area contributed by atoms with E-state index < -0.39 is 35.7 Å². The molecule has 9 heteroatoms. The molecule has 114 valence electrons. The first-order valence-electron chi connectivity index (χ1n) is 5.73. The second kappa shape index (κ2) is 5.40. The van der Waals surface area contributed by atoms with E-state index in [9.17, 15) is 22.0 Å². The Bertz CT molecular complexity index is 621. The van der Waals surface area contributed by atoms with Gasteiger partial charge in [0.2, 0.25) is 11.7 Å². The van der Waals surface area contributed by atoms with Crippen LogP contribution in [-0.4, -0.2) is 27.5 Å². The number of aliphatic hydroxyl groups excluding tert-OH is 1. The third kappa shape index (κ3) is 3.35. The maximum absolute atomic E-state index is 13.0. The van der Waals surface area contributed by atoms with Crippen LogP contribution < -0.4 is 0 Å². The van der Waals surface area contributed by atoms with E-state index in [-0.39, 0.29) is 11.4 Å². The van der Waals surface area contributed by atoms with E-state index >= 15 is 0 Å². The molecular weight excluding hydrogens is 299 g/mol. The van der Waals surface area contributed by atoms with Crippen LogP contribution in [0.1, 0.15) is 18.7 Å². The quantitative estimate of drug-likeness (QED) is 0.885. The fraction of sp³-hybridized carbons (Fsp3) is 0.333. The Kier molecular flexibility index (Phi) is 3.95. The summed E-state index contributed by atoms with van der Waals surface area (Å²) in [5.74, 6) is -4.05. The molecule has 0 bridgehead atoms. The molecule has 2 rings (SSSR count). The average Bonchev–Trinajstić information content (AvgIpc) is 2.84. The van der Waals surface area contributed by atoms with Crippen molar-refractivity contribution in [1.82, 2.24) is 10.1 Å². The summed E-state index contributed by atoms with van der Waals surface area (Å²) in [5.41, 5.74) is -0.0869. The number of hydrogen-bond acceptors (Lipinski definition) is 4. The largest absolute Gasteiger partial charge is 0.415 e. The first-order chi connectivity index (χ1) is 9.68. The zero-order chi connectivity index (χ0) is 15.8. The molecule has 0 amide bonds. The first-order valence-corrected chi connectivity index (χ1v) is 5.73. The van der Waals surface area contributed by atoms with Crippen LogP contribution in [0.4, 0.5) is 22.0 Å². The van der Waals surface area contributed by atoms with Crippen molar-refractivity contribution >= 4 is 0 Å². The van der Waals surface area contributed by atoms with Crippen molar-refractivity contribution in [3.8, 4) is 11.4 Å². The van der Waals surface area contributed by atoms with Crippen molar-refractivity contribution in [1.29, 1.82) is 0 Å². The van der Waals surface area contributed by atoms with Crippen LogP contribution in [0.25, 0.3) is 11.4 Å². The molecule has 0 spiro atoms. The molecule has 1 aromatic heterocycles. The van der Waals surface area contributed by atoms with Gasteiger partial charge in [0.1, 0.15) is 11.6 Å². The minimum atomic E-state index is -4.85. The zero-order valence-corrected chi connectivity index (χ0v) is 10.5. The Balaban J connectivity index is 2.29. The molecule has 2 unspecified atom stereocenters. The van der Waals surface area contributed by atoms with E-state index in [2.05, 4.69) is 14.7 Å². The van der Waals surface area contributed by atoms with Gasteiger partial charge < -0.3 is 9.63 Å². The number of aromatic nitrogens is 2. The van der Waals surface area contributed by atoms with E-state index in [0.717, 1.165) is 19.1 Å². The van der Waals surface area contributed by atoms with Crippen LogP contribution in [0.15, 0.2) is 22.7 Å². The fourth-order valence-corrected chi connectivity index (χ4v) is 1.64. The number of hydrogen-bond donors (Lipinski definition) is 1. The van der Waals surface area contributed by atoms with Gasteiger partial charge in [-0.2, -0.15) is 18.2 Å². The summed E-state index contributed by atoms with van der Waals surface area (Å²) in [6.07, 6.45) is -7.53. The van der Waals surface area contributed by atoms with Crippen molar-refractivity contribution in [3.05, 3.63) is 35.7 Å². The van der Waals surface area contributed by atoms with Crippen molar-refractivity contribution < 1.29 is 31.6 Å². The molecule has 0 saturated carbocycles. The lowest BCUT2D eigenvalue weighted by Crippen LogP contribution is -2.33. The van der Waals surface area contributed by atoms with Gasteiger partial charge in [0, 0.05) is 11.6 Å². The highest BCUT2D eigenvalue weighted by molar-refractivity contribution is 5.54. The summed E-state index contributed by atoms with van der Waals surface area (Å²) >= 11 is 0. The number of alkyl halides is 3. The van der Waals surface area contributed by atoms with Crippen LogP contribution >= 0.6 is 0 Å². The van der Waals surface area contributed by atoms with E-state index in [4.69, 9.17) is 5.11 Å². The molecule has 0 fully saturated rings. The highest BCUT2D eigenvalue weighted by atomic mass is 19.4. The Labute approximate surface area is 115 Å². The first kappa shape index (κ1) is 15.4. The third-order valence-electron chi connectivity index (χ3n) is 2.76. The van der Waals surface area contributed by atoms with E-state index in [0.29, 0.717) is 6.07 Å². The Morgan fingerprint density at radius 1 is 1.14 bits per heavy atom. The van der Waals surface area contributed by atoms with Gasteiger partial charge >= 0.3 is 6.18 Å². The van der Waals surface area contributed by atoms with Crippen LogP contribution in [0.3, 0.4) is 0 Å². The Hall–Kier alpha value is -2.03. The minimum Gasteiger partial charge on any atom is -0.383 e. The predicted molar refractivity (Wildman–Crippen MR) is 60.1 cm³/mol. The lowest BCUT2D eigenvalue weighted by molar-refractivity contribution is -0.210. The second-order valence-corrected chi connectivity index (χ2v) is 4.39. The van der Waals surface area contributed by atoms with Crippen LogP contribution in [0, 0.1) is 11.6 Å². The Morgan fingerprint density at radius 2 is 1.71 bits per heavy atom. The number of aliphatic hydroxyl groups is 1. The molecule has 1 N–H and O–H groups in total. The topological polar surface area (TPSA) is 59.2 Å². The maximum Gasteiger partial charge on any atom is 0.415 e. The molecule has 1 heterocycles. The normalized spacial score (nSPS) is 15.0. The molecule has 2 aromatic rings. The SMILES string of the molecule is CC(c1nc(-c2cc(F)cc(F)c2)no1)C(O)C(F)(F)F. The van der Waals surface area contributed by atoms with E-state index in [1.54, 1.807) is 0 Å². The predicted octanol–water partition coefficient (Wildman–Crippen LogP) is 3.04. The van der Waals surface area contributed by atoms with Crippen LogP contribution in [-0.2, 0) is 0 Å². The van der Waals surface area contributed by atoms with Gasteiger partial charge in [0.25, 0.3) is 0 Å². The lowest BCUT2D eigenvalue weighted by atomic mass is 10.0. The standard InChI is InChI=1S/C12H9F5N2O2/c1-5(9(20)12(15,16)17)11-18-10(19-21-11)6-2-7(13)4-8(14)3-6/h2-5,9,20H,1H3. The Morgan fingerprint density at radius 3 is 2.24 bits per heavy atom. The number of rotatable bonds is 3. The molecule has 21 heavy (non-hydrogen) atoms. The van der Waals surface area contributed by atoms with Gasteiger partial charge in [-0.15, -0.1) is 0 Å². The average molecular weight is 308 g/mol. The minimum absolute atomic E-state index is 0.0869.